The Labute approximate surface area is 103 Å². The lowest BCUT2D eigenvalue weighted by Gasteiger charge is -2.20. The molecule has 1 aromatic rings. The van der Waals surface area contributed by atoms with E-state index in [9.17, 15) is 0 Å². The predicted octanol–water partition coefficient (Wildman–Crippen LogP) is 0.872. The van der Waals surface area contributed by atoms with Gasteiger partial charge in [0.15, 0.2) is 0 Å². The maximum atomic E-state index is 4.16. The molecule has 1 N–H and O–H groups in total. The van der Waals surface area contributed by atoms with Crippen molar-refractivity contribution in [3.05, 3.63) is 11.9 Å². The van der Waals surface area contributed by atoms with Gasteiger partial charge in [-0.3, -0.25) is 9.58 Å². The molecule has 0 aliphatic carbocycles. The Morgan fingerprint density at radius 2 is 2.35 bits per heavy atom. The van der Waals surface area contributed by atoms with E-state index in [0.717, 1.165) is 37.9 Å². The van der Waals surface area contributed by atoms with E-state index in [4.69, 9.17) is 0 Å². The van der Waals surface area contributed by atoms with E-state index in [1.807, 2.05) is 10.9 Å². The zero-order valence-corrected chi connectivity index (χ0v) is 10.9. The molecule has 1 unspecified atom stereocenters. The third-order valence-corrected chi connectivity index (χ3v) is 3.45. The van der Waals surface area contributed by atoms with Crippen molar-refractivity contribution >= 4 is 0 Å². The molecule has 1 fully saturated rings. The quantitative estimate of drug-likeness (QED) is 0.797. The van der Waals surface area contributed by atoms with Gasteiger partial charge in [-0.2, -0.15) is 0 Å². The molecule has 2 rings (SSSR count). The first-order chi connectivity index (χ1) is 8.29. The van der Waals surface area contributed by atoms with Crippen LogP contribution in [0.3, 0.4) is 0 Å². The lowest BCUT2D eigenvalue weighted by atomic mass is 10.2. The van der Waals surface area contributed by atoms with Crippen LogP contribution in [-0.4, -0.2) is 45.6 Å². The fourth-order valence-electron chi connectivity index (χ4n) is 2.34. The van der Waals surface area contributed by atoms with E-state index in [-0.39, 0.29) is 0 Å². The summed E-state index contributed by atoms with van der Waals surface area (Å²) in [5.74, 6) is 0. The number of hydrogen-bond donors (Lipinski definition) is 1. The van der Waals surface area contributed by atoms with E-state index >= 15 is 0 Å². The van der Waals surface area contributed by atoms with Crippen LogP contribution in [0.2, 0.25) is 0 Å². The van der Waals surface area contributed by atoms with Crippen molar-refractivity contribution in [2.75, 3.05) is 19.6 Å². The monoisotopic (exact) mass is 237 g/mol. The molecular formula is C12H23N5. The SMILES string of the molecule is CCNCc1cn(CCN2CCCC2C)nn1. The topological polar surface area (TPSA) is 46.0 Å². The van der Waals surface area contributed by atoms with Crippen molar-refractivity contribution in [1.29, 1.82) is 0 Å². The van der Waals surface area contributed by atoms with E-state index in [0.29, 0.717) is 0 Å². The van der Waals surface area contributed by atoms with Gasteiger partial charge in [0.2, 0.25) is 0 Å². The average molecular weight is 237 g/mol. The minimum atomic E-state index is 0.736. The Hall–Kier alpha value is -0.940. The smallest absolute Gasteiger partial charge is 0.0964 e. The molecule has 0 amide bonds. The van der Waals surface area contributed by atoms with Crippen LogP contribution in [0, 0.1) is 0 Å². The molecule has 5 nitrogen and oxygen atoms in total. The molecule has 96 valence electrons. The van der Waals surface area contributed by atoms with Crippen molar-refractivity contribution in [3.8, 4) is 0 Å². The van der Waals surface area contributed by atoms with Gasteiger partial charge in [-0.1, -0.05) is 12.1 Å². The summed E-state index contributed by atoms with van der Waals surface area (Å²) in [6.45, 7) is 9.47. The minimum absolute atomic E-state index is 0.736. The van der Waals surface area contributed by atoms with Crippen LogP contribution in [0.4, 0.5) is 0 Å². The van der Waals surface area contributed by atoms with Crippen molar-refractivity contribution in [3.63, 3.8) is 0 Å². The van der Waals surface area contributed by atoms with Gasteiger partial charge in [0, 0.05) is 25.3 Å². The van der Waals surface area contributed by atoms with E-state index in [1.165, 1.54) is 19.4 Å². The largest absolute Gasteiger partial charge is 0.311 e. The van der Waals surface area contributed by atoms with Crippen molar-refractivity contribution in [2.45, 2.75) is 45.8 Å². The lowest BCUT2D eigenvalue weighted by molar-refractivity contribution is 0.253. The third kappa shape index (κ3) is 3.51. The van der Waals surface area contributed by atoms with Gasteiger partial charge in [0.05, 0.1) is 12.2 Å². The fraction of sp³-hybridized carbons (Fsp3) is 0.833. The highest BCUT2D eigenvalue weighted by molar-refractivity contribution is 4.91. The molecular weight excluding hydrogens is 214 g/mol. The van der Waals surface area contributed by atoms with Crippen LogP contribution < -0.4 is 5.32 Å². The van der Waals surface area contributed by atoms with Gasteiger partial charge in [0.25, 0.3) is 0 Å². The second-order valence-electron chi connectivity index (χ2n) is 4.78. The number of hydrogen-bond acceptors (Lipinski definition) is 4. The molecule has 17 heavy (non-hydrogen) atoms. The fourth-order valence-corrected chi connectivity index (χ4v) is 2.34. The molecule has 5 heteroatoms. The highest BCUT2D eigenvalue weighted by Gasteiger charge is 2.19. The van der Waals surface area contributed by atoms with Crippen LogP contribution in [-0.2, 0) is 13.1 Å². The van der Waals surface area contributed by atoms with E-state index < -0.39 is 0 Å². The molecule has 2 heterocycles. The first kappa shape index (κ1) is 12.5. The van der Waals surface area contributed by atoms with Gasteiger partial charge >= 0.3 is 0 Å². The first-order valence-electron chi connectivity index (χ1n) is 6.63. The Bertz CT molecular complexity index is 335. The van der Waals surface area contributed by atoms with Crippen LogP contribution in [0.5, 0.6) is 0 Å². The first-order valence-corrected chi connectivity index (χ1v) is 6.63. The molecule has 0 spiro atoms. The molecule has 1 aliphatic heterocycles. The highest BCUT2D eigenvalue weighted by atomic mass is 15.4. The Morgan fingerprint density at radius 3 is 3.06 bits per heavy atom. The summed E-state index contributed by atoms with van der Waals surface area (Å²) in [5.41, 5.74) is 1.03. The number of nitrogens with zero attached hydrogens (tertiary/aromatic N) is 4. The van der Waals surface area contributed by atoms with Crippen LogP contribution >= 0.6 is 0 Å². The summed E-state index contributed by atoms with van der Waals surface area (Å²) in [6, 6.07) is 0.736. The van der Waals surface area contributed by atoms with E-state index in [2.05, 4.69) is 34.4 Å². The Kier molecular flexibility index (Phi) is 4.50. The van der Waals surface area contributed by atoms with Gasteiger partial charge in [0.1, 0.15) is 0 Å². The molecule has 0 aromatic carbocycles. The van der Waals surface area contributed by atoms with Gasteiger partial charge in [-0.05, 0) is 32.9 Å². The van der Waals surface area contributed by atoms with Crippen molar-refractivity contribution < 1.29 is 0 Å². The minimum Gasteiger partial charge on any atom is -0.311 e. The molecule has 0 radical (unpaired) electrons. The Balaban J connectivity index is 1.76. The lowest BCUT2D eigenvalue weighted by Crippen LogP contribution is -2.30. The maximum Gasteiger partial charge on any atom is 0.0964 e. The molecule has 1 aromatic heterocycles. The second-order valence-corrected chi connectivity index (χ2v) is 4.78. The summed E-state index contributed by atoms with van der Waals surface area (Å²) in [5, 5.41) is 11.6. The zero-order valence-electron chi connectivity index (χ0n) is 10.9. The highest BCUT2D eigenvalue weighted by Crippen LogP contribution is 2.15. The number of rotatable bonds is 6. The maximum absolute atomic E-state index is 4.16. The van der Waals surface area contributed by atoms with Gasteiger partial charge < -0.3 is 5.32 Å². The number of likely N-dealkylation sites (tertiary alicyclic amines) is 1. The standard InChI is InChI=1S/C12H23N5/c1-3-13-9-12-10-17(15-14-12)8-7-16-6-4-5-11(16)2/h10-11,13H,3-9H2,1-2H3. The molecule has 1 atom stereocenters. The molecule has 0 bridgehead atoms. The third-order valence-electron chi connectivity index (χ3n) is 3.45. The summed E-state index contributed by atoms with van der Waals surface area (Å²) in [4.78, 5) is 2.53. The van der Waals surface area contributed by atoms with Crippen molar-refractivity contribution in [2.24, 2.45) is 0 Å². The van der Waals surface area contributed by atoms with E-state index in [1.54, 1.807) is 0 Å². The number of aromatic nitrogens is 3. The van der Waals surface area contributed by atoms with Gasteiger partial charge in [-0.15, -0.1) is 5.10 Å². The number of nitrogens with one attached hydrogen (secondary N) is 1. The normalized spacial score (nSPS) is 21.2. The van der Waals surface area contributed by atoms with Gasteiger partial charge in [-0.25, -0.2) is 0 Å². The molecule has 1 aliphatic rings. The van der Waals surface area contributed by atoms with Crippen LogP contribution in [0.15, 0.2) is 6.20 Å². The predicted molar refractivity (Wildman–Crippen MR) is 67.7 cm³/mol. The second kappa shape index (κ2) is 6.12. The summed E-state index contributed by atoms with van der Waals surface area (Å²) < 4.78 is 1.96. The average Bonchev–Trinajstić information content (AvgIpc) is 2.93. The Morgan fingerprint density at radius 1 is 1.47 bits per heavy atom. The zero-order chi connectivity index (χ0) is 12.1. The molecule has 0 saturated carbocycles. The summed E-state index contributed by atoms with van der Waals surface area (Å²) in [6.07, 6.45) is 4.72. The van der Waals surface area contributed by atoms with Crippen LogP contribution in [0.1, 0.15) is 32.4 Å². The molecule has 1 saturated heterocycles. The van der Waals surface area contributed by atoms with Crippen molar-refractivity contribution in [1.82, 2.24) is 25.2 Å². The summed E-state index contributed by atoms with van der Waals surface area (Å²) >= 11 is 0. The van der Waals surface area contributed by atoms with Crippen LogP contribution in [0.25, 0.3) is 0 Å². The summed E-state index contributed by atoms with van der Waals surface area (Å²) in [7, 11) is 0.